The van der Waals surface area contributed by atoms with Gasteiger partial charge in [-0.25, -0.2) is 0 Å². The number of halogens is 2. The molecule has 20 heavy (non-hydrogen) atoms. The Morgan fingerprint density at radius 3 is 1.20 bits per heavy atom. The van der Waals surface area contributed by atoms with Gasteiger partial charge < -0.3 is 0 Å². The van der Waals surface area contributed by atoms with E-state index >= 15 is 0 Å². The van der Waals surface area contributed by atoms with Crippen LogP contribution in [0.4, 0.5) is 11.4 Å². The summed E-state index contributed by atoms with van der Waals surface area (Å²) in [5.74, 6) is 0. The molecule has 0 unspecified atom stereocenters. The maximum Gasteiger partial charge on any atom is 0.287 e. The second-order valence-electron chi connectivity index (χ2n) is 3.42. The maximum atomic E-state index is 10.1. The fraction of sp³-hybridized carbons (Fsp3) is 0. The number of benzene rings is 2. The zero-order chi connectivity index (χ0) is 15.1. The summed E-state index contributed by atoms with van der Waals surface area (Å²) in [6.45, 7) is 0. The summed E-state index contributed by atoms with van der Waals surface area (Å²) >= 11 is 11.0. The molecule has 2 aromatic rings. The quantitative estimate of drug-likeness (QED) is 0.603. The first-order valence-electron chi connectivity index (χ1n) is 5.21. The van der Waals surface area contributed by atoms with Crippen LogP contribution in [0, 0.1) is 20.2 Å². The molecular formula is C12H8Cl2N2O4. The second-order valence-corrected chi connectivity index (χ2v) is 4.23. The van der Waals surface area contributed by atoms with Gasteiger partial charge in [0.1, 0.15) is 10.0 Å². The van der Waals surface area contributed by atoms with Crippen molar-refractivity contribution in [3.63, 3.8) is 0 Å². The highest BCUT2D eigenvalue weighted by Gasteiger charge is 2.08. The van der Waals surface area contributed by atoms with Crippen LogP contribution in [0.2, 0.25) is 10.0 Å². The maximum absolute atomic E-state index is 10.1. The number of nitro benzene ring substituents is 2. The van der Waals surface area contributed by atoms with E-state index in [1.165, 1.54) is 24.3 Å². The lowest BCUT2D eigenvalue weighted by molar-refractivity contribution is -0.384. The largest absolute Gasteiger partial charge is 0.287 e. The summed E-state index contributed by atoms with van der Waals surface area (Å²) in [5, 5.41) is 20.6. The number of hydrogen-bond donors (Lipinski definition) is 0. The Morgan fingerprint density at radius 1 is 0.700 bits per heavy atom. The van der Waals surface area contributed by atoms with Crippen LogP contribution in [-0.4, -0.2) is 9.85 Å². The highest BCUT2D eigenvalue weighted by Crippen LogP contribution is 2.22. The molecule has 0 atom stereocenters. The lowest BCUT2D eigenvalue weighted by atomic mass is 10.3. The fourth-order valence-corrected chi connectivity index (χ4v) is 1.61. The lowest BCUT2D eigenvalue weighted by Crippen LogP contribution is -1.87. The number of nitrogens with zero attached hydrogens (tertiary/aromatic N) is 2. The molecule has 0 saturated heterocycles. The van der Waals surface area contributed by atoms with Crippen LogP contribution >= 0.6 is 23.2 Å². The molecule has 0 saturated carbocycles. The van der Waals surface area contributed by atoms with Crippen LogP contribution in [0.1, 0.15) is 0 Å². The molecule has 0 radical (unpaired) electrons. The van der Waals surface area contributed by atoms with Crippen LogP contribution in [0.15, 0.2) is 48.5 Å². The Labute approximate surface area is 123 Å². The second kappa shape index (κ2) is 7.42. The number of rotatable bonds is 2. The first-order valence-corrected chi connectivity index (χ1v) is 5.97. The van der Waals surface area contributed by atoms with Gasteiger partial charge in [0.15, 0.2) is 0 Å². The third-order valence-electron chi connectivity index (χ3n) is 2.10. The van der Waals surface area contributed by atoms with E-state index < -0.39 is 9.85 Å². The first-order chi connectivity index (χ1) is 9.43. The van der Waals surface area contributed by atoms with E-state index in [4.69, 9.17) is 23.2 Å². The molecule has 0 bridgehead atoms. The zero-order valence-electron chi connectivity index (χ0n) is 9.90. The third-order valence-corrected chi connectivity index (χ3v) is 2.74. The van der Waals surface area contributed by atoms with Crippen LogP contribution in [0.5, 0.6) is 0 Å². The highest BCUT2D eigenvalue weighted by atomic mass is 35.5. The molecule has 0 aliphatic rings. The van der Waals surface area contributed by atoms with E-state index in [1.807, 2.05) is 0 Å². The topological polar surface area (TPSA) is 86.3 Å². The van der Waals surface area contributed by atoms with Crippen molar-refractivity contribution >= 4 is 34.6 Å². The Bertz CT molecular complexity index is 579. The molecule has 0 spiro atoms. The molecule has 0 amide bonds. The Hall–Kier alpha value is -2.18. The molecule has 0 fully saturated rings. The van der Waals surface area contributed by atoms with Gasteiger partial charge in [-0.2, -0.15) is 0 Å². The zero-order valence-corrected chi connectivity index (χ0v) is 11.4. The molecule has 0 aromatic heterocycles. The summed E-state index contributed by atoms with van der Waals surface area (Å²) in [6, 6.07) is 12.1. The Morgan fingerprint density at radius 2 is 1.00 bits per heavy atom. The number of nitro groups is 2. The molecule has 2 rings (SSSR count). The van der Waals surface area contributed by atoms with Gasteiger partial charge in [-0.1, -0.05) is 47.5 Å². The molecular weight excluding hydrogens is 307 g/mol. The molecule has 2 aromatic carbocycles. The monoisotopic (exact) mass is 314 g/mol. The van der Waals surface area contributed by atoms with Crippen molar-refractivity contribution in [2.24, 2.45) is 0 Å². The minimum atomic E-state index is -0.512. The van der Waals surface area contributed by atoms with Crippen molar-refractivity contribution in [2.75, 3.05) is 0 Å². The third kappa shape index (κ3) is 4.49. The Kier molecular flexibility index (Phi) is 5.89. The van der Waals surface area contributed by atoms with E-state index in [-0.39, 0.29) is 21.4 Å². The average molecular weight is 315 g/mol. The first kappa shape index (κ1) is 15.9. The number of hydrogen-bond acceptors (Lipinski definition) is 4. The van der Waals surface area contributed by atoms with Gasteiger partial charge in [-0.3, -0.25) is 20.2 Å². The lowest BCUT2D eigenvalue weighted by Gasteiger charge is -1.90. The summed E-state index contributed by atoms with van der Waals surface area (Å²) in [4.78, 5) is 19.3. The minimum Gasteiger partial charge on any atom is -0.258 e. The van der Waals surface area contributed by atoms with Crippen LogP contribution in [-0.2, 0) is 0 Å². The molecule has 0 aliphatic carbocycles. The average Bonchev–Trinajstić information content (AvgIpc) is 2.40. The summed E-state index contributed by atoms with van der Waals surface area (Å²) < 4.78 is 0. The van der Waals surface area contributed by atoms with Crippen molar-refractivity contribution in [3.05, 3.63) is 78.8 Å². The fourth-order valence-electron chi connectivity index (χ4n) is 1.20. The van der Waals surface area contributed by atoms with Gasteiger partial charge in [0.2, 0.25) is 0 Å². The van der Waals surface area contributed by atoms with Crippen molar-refractivity contribution in [1.29, 1.82) is 0 Å². The smallest absolute Gasteiger partial charge is 0.258 e. The highest BCUT2D eigenvalue weighted by molar-refractivity contribution is 6.32. The molecule has 6 nitrogen and oxygen atoms in total. The molecule has 104 valence electrons. The number of para-hydroxylation sites is 2. The van der Waals surface area contributed by atoms with Gasteiger partial charge in [-0.05, 0) is 12.1 Å². The van der Waals surface area contributed by atoms with Crippen molar-refractivity contribution < 1.29 is 9.85 Å². The van der Waals surface area contributed by atoms with E-state index in [1.54, 1.807) is 24.3 Å². The standard InChI is InChI=1S/2C6H4ClNO2/c2*7-5-3-1-2-4-6(5)8(9)10/h2*1-4H. The van der Waals surface area contributed by atoms with Gasteiger partial charge in [-0.15, -0.1) is 0 Å². The molecule has 0 N–H and O–H groups in total. The van der Waals surface area contributed by atoms with Gasteiger partial charge in [0, 0.05) is 12.1 Å². The van der Waals surface area contributed by atoms with Crippen molar-refractivity contribution in [1.82, 2.24) is 0 Å². The predicted octanol–water partition coefficient (Wildman–Crippen LogP) is 4.50. The van der Waals surface area contributed by atoms with Crippen LogP contribution in [0.25, 0.3) is 0 Å². The normalized spacial score (nSPS) is 9.30. The Balaban J connectivity index is 0.000000200. The molecule has 0 aliphatic heterocycles. The van der Waals surface area contributed by atoms with E-state index in [2.05, 4.69) is 0 Å². The molecule has 8 heteroatoms. The minimum absolute atomic E-state index is 0.0517. The van der Waals surface area contributed by atoms with Crippen molar-refractivity contribution in [2.45, 2.75) is 0 Å². The summed E-state index contributed by atoms with van der Waals surface area (Å²) in [7, 11) is 0. The van der Waals surface area contributed by atoms with Crippen LogP contribution < -0.4 is 0 Å². The van der Waals surface area contributed by atoms with Crippen LogP contribution in [0.3, 0.4) is 0 Å². The van der Waals surface area contributed by atoms with Gasteiger partial charge >= 0.3 is 0 Å². The summed E-state index contributed by atoms with van der Waals surface area (Å²) in [5.41, 5.74) is -0.103. The van der Waals surface area contributed by atoms with E-state index in [0.29, 0.717) is 0 Å². The predicted molar refractivity (Wildman–Crippen MR) is 76.2 cm³/mol. The van der Waals surface area contributed by atoms with Gasteiger partial charge in [0.05, 0.1) is 9.85 Å². The van der Waals surface area contributed by atoms with Gasteiger partial charge in [0.25, 0.3) is 11.4 Å². The van der Waals surface area contributed by atoms with E-state index in [9.17, 15) is 20.2 Å². The SMILES string of the molecule is O=[N+]([O-])c1ccccc1Cl.O=[N+]([O-])c1ccccc1Cl. The van der Waals surface area contributed by atoms with E-state index in [0.717, 1.165) is 0 Å². The van der Waals surface area contributed by atoms with Crippen molar-refractivity contribution in [3.8, 4) is 0 Å². The summed E-state index contributed by atoms with van der Waals surface area (Å²) in [6.07, 6.45) is 0. The molecule has 0 heterocycles.